The van der Waals surface area contributed by atoms with Gasteiger partial charge in [0.15, 0.2) is 0 Å². The third-order valence-corrected chi connectivity index (χ3v) is 3.77. The van der Waals surface area contributed by atoms with E-state index in [0.717, 1.165) is 5.56 Å². The predicted molar refractivity (Wildman–Crippen MR) is 96.7 cm³/mol. The van der Waals surface area contributed by atoms with Crippen molar-refractivity contribution in [2.24, 2.45) is 0 Å². The number of rotatable bonds is 7. The lowest BCUT2D eigenvalue weighted by Crippen LogP contribution is -2.31. The minimum Gasteiger partial charge on any atom is -0.467 e. The van der Waals surface area contributed by atoms with Crippen molar-refractivity contribution in [2.45, 2.75) is 6.04 Å². The zero-order chi connectivity index (χ0) is 18.4. The molecule has 0 aliphatic heterocycles. The molecule has 3 aromatic rings. The fraction of sp³-hybridized carbons (Fsp3) is 0.105. The van der Waals surface area contributed by atoms with Gasteiger partial charge in [-0.3, -0.25) is 20.2 Å². The van der Waals surface area contributed by atoms with Crippen LogP contribution in [0.3, 0.4) is 0 Å². The smallest absolute Gasteiger partial charge is 0.271 e. The van der Waals surface area contributed by atoms with Gasteiger partial charge in [0, 0.05) is 17.8 Å². The van der Waals surface area contributed by atoms with Gasteiger partial charge in [-0.15, -0.1) is 0 Å². The van der Waals surface area contributed by atoms with Crippen molar-refractivity contribution < 1.29 is 14.1 Å². The molecule has 0 aliphatic rings. The quantitative estimate of drug-likeness (QED) is 0.501. The van der Waals surface area contributed by atoms with Gasteiger partial charge in [0.25, 0.3) is 5.69 Å². The Morgan fingerprint density at radius 1 is 1.08 bits per heavy atom. The summed E-state index contributed by atoms with van der Waals surface area (Å²) in [5.74, 6) is 0.386. The predicted octanol–water partition coefficient (Wildman–Crippen LogP) is 3.51. The molecule has 1 amide bonds. The van der Waals surface area contributed by atoms with E-state index in [-0.39, 0.29) is 24.2 Å². The van der Waals surface area contributed by atoms with E-state index in [9.17, 15) is 14.9 Å². The van der Waals surface area contributed by atoms with Gasteiger partial charge in [0.2, 0.25) is 5.91 Å². The summed E-state index contributed by atoms with van der Waals surface area (Å²) in [6, 6.07) is 18.8. The summed E-state index contributed by atoms with van der Waals surface area (Å²) >= 11 is 0. The number of hydrogen-bond donors (Lipinski definition) is 2. The molecule has 3 rings (SSSR count). The Labute approximate surface area is 149 Å². The Balaban J connectivity index is 1.67. The van der Waals surface area contributed by atoms with Crippen LogP contribution in [0.4, 0.5) is 11.4 Å². The number of non-ortho nitro benzene ring substituents is 1. The monoisotopic (exact) mass is 351 g/mol. The molecule has 0 fully saturated rings. The van der Waals surface area contributed by atoms with E-state index < -0.39 is 4.92 Å². The molecule has 26 heavy (non-hydrogen) atoms. The third kappa shape index (κ3) is 4.34. The Hall–Kier alpha value is -3.45. The van der Waals surface area contributed by atoms with Crippen molar-refractivity contribution in [2.75, 3.05) is 11.9 Å². The molecule has 1 heterocycles. The largest absolute Gasteiger partial charge is 0.467 e. The molecule has 1 atom stereocenters. The molecule has 0 saturated heterocycles. The molecule has 2 N–H and O–H groups in total. The molecule has 2 aromatic carbocycles. The minimum atomic E-state index is -0.504. The summed E-state index contributed by atoms with van der Waals surface area (Å²) < 4.78 is 5.47. The summed E-state index contributed by atoms with van der Waals surface area (Å²) in [5, 5.41) is 16.6. The van der Waals surface area contributed by atoms with E-state index in [1.807, 2.05) is 36.4 Å². The highest BCUT2D eigenvalue weighted by Crippen LogP contribution is 2.22. The second kappa shape index (κ2) is 8.09. The summed E-state index contributed by atoms with van der Waals surface area (Å²) in [4.78, 5) is 22.5. The Bertz CT molecular complexity index is 879. The summed E-state index contributed by atoms with van der Waals surface area (Å²) in [5.41, 5.74) is 1.26. The average molecular weight is 351 g/mol. The van der Waals surface area contributed by atoms with Crippen LogP contribution >= 0.6 is 0 Å². The van der Waals surface area contributed by atoms with Gasteiger partial charge in [-0.2, -0.15) is 0 Å². The first kappa shape index (κ1) is 17.4. The van der Waals surface area contributed by atoms with Gasteiger partial charge in [0.05, 0.1) is 23.8 Å². The lowest BCUT2D eigenvalue weighted by Gasteiger charge is -2.17. The van der Waals surface area contributed by atoms with Crippen LogP contribution in [0.2, 0.25) is 0 Å². The highest BCUT2D eigenvalue weighted by atomic mass is 16.6. The molecule has 0 saturated carbocycles. The Morgan fingerprint density at radius 3 is 2.58 bits per heavy atom. The molecular formula is C19H17N3O4. The number of nitro groups is 1. The van der Waals surface area contributed by atoms with Crippen molar-refractivity contribution in [3.05, 3.63) is 94.4 Å². The van der Waals surface area contributed by atoms with E-state index in [4.69, 9.17) is 4.42 Å². The van der Waals surface area contributed by atoms with Crippen molar-refractivity contribution in [1.82, 2.24) is 5.32 Å². The van der Waals surface area contributed by atoms with Gasteiger partial charge in [0.1, 0.15) is 5.76 Å². The number of furan rings is 1. The number of anilines is 1. The molecule has 0 spiro atoms. The standard InChI is InChI=1S/C19H17N3O4/c23-18(21-15-8-4-9-16(12-15)22(24)25)13-20-19(17-10-5-11-26-17)14-6-2-1-3-7-14/h1-12,19-20H,13H2,(H,21,23)/t19-/m0/s1. The van der Waals surface area contributed by atoms with E-state index in [1.54, 1.807) is 18.4 Å². The van der Waals surface area contributed by atoms with Crippen LogP contribution in [0.25, 0.3) is 0 Å². The number of benzene rings is 2. The molecule has 1 aromatic heterocycles. The van der Waals surface area contributed by atoms with Crippen LogP contribution in [0, 0.1) is 10.1 Å². The maximum atomic E-state index is 12.2. The van der Waals surface area contributed by atoms with Gasteiger partial charge in [-0.05, 0) is 23.8 Å². The highest BCUT2D eigenvalue weighted by molar-refractivity contribution is 5.92. The zero-order valence-corrected chi connectivity index (χ0v) is 13.8. The molecule has 0 aliphatic carbocycles. The first-order valence-electron chi connectivity index (χ1n) is 7.99. The Morgan fingerprint density at radius 2 is 1.88 bits per heavy atom. The van der Waals surface area contributed by atoms with Crippen molar-refractivity contribution in [3.63, 3.8) is 0 Å². The Kier molecular flexibility index (Phi) is 5.40. The maximum absolute atomic E-state index is 12.2. The highest BCUT2D eigenvalue weighted by Gasteiger charge is 2.17. The summed E-state index contributed by atoms with van der Waals surface area (Å²) in [6.45, 7) is 0.0168. The van der Waals surface area contributed by atoms with E-state index in [2.05, 4.69) is 10.6 Å². The van der Waals surface area contributed by atoms with Gasteiger partial charge in [-0.25, -0.2) is 0 Å². The second-order valence-corrected chi connectivity index (χ2v) is 5.60. The van der Waals surface area contributed by atoms with Crippen LogP contribution in [0.15, 0.2) is 77.4 Å². The number of nitrogens with zero attached hydrogens (tertiary/aromatic N) is 1. The van der Waals surface area contributed by atoms with Crippen LogP contribution in [-0.4, -0.2) is 17.4 Å². The number of carbonyl (C=O) groups is 1. The number of nitrogens with one attached hydrogen (secondary N) is 2. The van der Waals surface area contributed by atoms with Crippen LogP contribution in [0.1, 0.15) is 17.4 Å². The lowest BCUT2D eigenvalue weighted by molar-refractivity contribution is -0.384. The van der Waals surface area contributed by atoms with E-state index in [0.29, 0.717) is 11.4 Å². The molecule has 7 nitrogen and oxygen atoms in total. The molecule has 0 bridgehead atoms. The van der Waals surface area contributed by atoms with Gasteiger partial charge < -0.3 is 9.73 Å². The summed E-state index contributed by atoms with van der Waals surface area (Å²) in [6.07, 6.45) is 1.58. The second-order valence-electron chi connectivity index (χ2n) is 5.60. The van der Waals surface area contributed by atoms with E-state index >= 15 is 0 Å². The van der Waals surface area contributed by atoms with Crippen molar-refractivity contribution >= 4 is 17.3 Å². The normalized spacial score (nSPS) is 11.7. The molecular weight excluding hydrogens is 334 g/mol. The topological polar surface area (TPSA) is 97.4 Å². The van der Waals surface area contributed by atoms with Crippen molar-refractivity contribution in [1.29, 1.82) is 0 Å². The first-order chi connectivity index (χ1) is 12.6. The molecule has 0 unspecified atom stereocenters. The third-order valence-electron chi connectivity index (χ3n) is 3.77. The molecule has 7 heteroatoms. The minimum absolute atomic E-state index is 0.0168. The molecule has 132 valence electrons. The maximum Gasteiger partial charge on any atom is 0.271 e. The van der Waals surface area contributed by atoms with Crippen LogP contribution < -0.4 is 10.6 Å². The fourth-order valence-electron chi connectivity index (χ4n) is 2.58. The first-order valence-corrected chi connectivity index (χ1v) is 7.99. The van der Waals surface area contributed by atoms with Gasteiger partial charge >= 0.3 is 0 Å². The number of hydrogen-bond acceptors (Lipinski definition) is 5. The fourth-order valence-corrected chi connectivity index (χ4v) is 2.58. The number of nitro benzene ring substituents is 1. The van der Waals surface area contributed by atoms with Crippen molar-refractivity contribution in [3.8, 4) is 0 Å². The SMILES string of the molecule is O=C(CN[C@@H](c1ccccc1)c1ccco1)Nc1cccc([N+](=O)[O-])c1. The lowest BCUT2D eigenvalue weighted by atomic mass is 10.0. The molecule has 0 radical (unpaired) electrons. The van der Waals surface area contributed by atoms with E-state index in [1.165, 1.54) is 18.2 Å². The number of amides is 1. The van der Waals surface area contributed by atoms with Crippen LogP contribution in [0.5, 0.6) is 0 Å². The summed E-state index contributed by atoms with van der Waals surface area (Å²) in [7, 11) is 0. The zero-order valence-electron chi connectivity index (χ0n) is 13.8. The van der Waals surface area contributed by atoms with Crippen LogP contribution in [-0.2, 0) is 4.79 Å². The average Bonchev–Trinajstić information content (AvgIpc) is 3.17. The van der Waals surface area contributed by atoms with Gasteiger partial charge in [-0.1, -0.05) is 36.4 Å². The number of carbonyl (C=O) groups excluding carboxylic acids is 1.